The fraction of sp³-hybridized carbons (Fsp3) is 0.586. The number of esters is 1. The number of ether oxygens (including phenoxy) is 4. The van der Waals surface area contributed by atoms with Gasteiger partial charge in [-0.25, -0.2) is 0 Å². The number of carbonyl (C=O) groups excluding carboxylic acids is 2. The smallest absolute Gasteiger partial charge is 0.305 e. The highest BCUT2D eigenvalue weighted by Gasteiger charge is 2.47. The molecule has 1 aromatic rings. The molecule has 1 aromatic carbocycles. The van der Waals surface area contributed by atoms with E-state index in [2.05, 4.69) is 6.08 Å². The Labute approximate surface area is 219 Å². The van der Waals surface area contributed by atoms with Gasteiger partial charge in [0.15, 0.2) is 18.7 Å². The molecular weight excluding hydrogens is 480 g/mol. The first-order chi connectivity index (χ1) is 17.5. The highest BCUT2D eigenvalue weighted by atomic mass is 35.5. The van der Waals surface area contributed by atoms with Gasteiger partial charge in [0.25, 0.3) is 0 Å². The van der Waals surface area contributed by atoms with Crippen molar-refractivity contribution in [1.82, 2.24) is 0 Å². The van der Waals surface area contributed by atoms with Crippen LogP contribution in [-0.4, -0.2) is 44.5 Å². The molecular formula is C29H37ClO6. The Morgan fingerprint density at radius 2 is 2.11 bits per heavy atom. The topological polar surface area (TPSA) is 71.1 Å². The molecule has 2 aliphatic carbocycles. The van der Waals surface area contributed by atoms with Gasteiger partial charge in [-0.05, 0) is 87.5 Å². The van der Waals surface area contributed by atoms with Gasteiger partial charge in [-0.15, -0.1) is 0 Å². The molecule has 1 unspecified atom stereocenters. The molecule has 3 fully saturated rings. The van der Waals surface area contributed by atoms with E-state index in [4.69, 9.17) is 30.5 Å². The molecule has 1 heterocycles. The Kier molecular flexibility index (Phi) is 10.0. The Morgan fingerprint density at radius 3 is 2.89 bits per heavy atom. The molecule has 3 aliphatic rings. The van der Waals surface area contributed by atoms with Crippen LogP contribution in [0.15, 0.2) is 48.1 Å². The zero-order valence-electron chi connectivity index (χ0n) is 21.0. The van der Waals surface area contributed by atoms with E-state index >= 15 is 0 Å². The summed E-state index contributed by atoms with van der Waals surface area (Å²) in [5.74, 6) is 1.50. The second-order valence-corrected chi connectivity index (χ2v) is 10.5. The number of ketones is 1. The van der Waals surface area contributed by atoms with E-state index in [9.17, 15) is 9.59 Å². The summed E-state index contributed by atoms with van der Waals surface area (Å²) in [5.41, 5.74) is 1.45. The van der Waals surface area contributed by atoms with Gasteiger partial charge in [-0.1, -0.05) is 35.4 Å². The van der Waals surface area contributed by atoms with Crippen molar-refractivity contribution in [3.63, 3.8) is 0 Å². The maximum atomic E-state index is 12.6. The zero-order chi connectivity index (χ0) is 25.3. The Balaban J connectivity index is 1.36. The first-order valence-corrected chi connectivity index (χ1v) is 13.5. The van der Waals surface area contributed by atoms with E-state index in [0.717, 1.165) is 58.0 Å². The summed E-state index contributed by atoms with van der Waals surface area (Å²) in [4.78, 5) is 24.0. The third kappa shape index (κ3) is 7.67. The van der Waals surface area contributed by atoms with Crippen LogP contribution < -0.4 is 4.74 Å². The largest absolute Gasteiger partial charge is 0.485 e. The van der Waals surface area contributed by atoms with E-state index in [0.29, 0.717) is 29.0 Å². The number of carbonyl (C=O) groups is 2. The fourth-order valence-corrected chi connectivity index (χ4v) is 5.89. The van der Waals surface area contributed by atoms with Gasteiger partial charge < -0.3 is 18.9 Å². The minimum atomic E-state index is -0.157. The molecule has 0 aromatic heterocycles. The first-order valence-electron chi connectivity index (χ1n) is 13.1. The van der Waals surface area contributed by atoms with Crippen molar-refractivity contribution < 1.29 is 28.5 Å². The van der Waals surface area contributed by atoms with Crippen molar-refractivity contribution in [2.45, 2.75) is 70.2 Å². The minimum absolute atomic E-state index is 0.0275. The predicted molar refractivity (Wildman–Crippen MR) is 138 cm³/mol. The Morgan fingerprint density at radius 1 is 1.22 bits per heavy atom. The van der Waals surface area contributed by atoms with Gasteiger partial charge in [0.2, 0.25) is 0 Å². The molecule has 0 radical (unpaired) electrons. The molecule has 0 amide bonds. The van der Waals surface area contributed by atoms with Gasteiger partial charge in [0, 0.05) is 24.0 Å². The van der Waals surface area contributed by atoms with Crippen LogP contribution in [0, 0.1) is 17.8 Å². The van der Waals surface area contributed by atoms with Crippen molar-refractivity contribution in [3.05, 3.63) is 53.1 Å². The zero-order valence-corrected chi connectivity index (χ0v) is 21.8. The summed E-state index contributed by atoms with van der Waals surface area (Å²) < 4.78 is 22.7. The molecule has 0 spiro atoms. The second kappa shape index (κ2) is 13.4. The lowest BCUT2D eigenvalue weighted by atomic mass is 9.90. The summed E-state index contributed by atoms with van der Waals surface area (Å²) in [6.07, 6.45) is 14.3. The Bertz CT molecular complexity index is 951. The fourth-order valence-electron chi connectivity index (χ4n) is 5.71. The van der Waals surface area contributed by atoms with E-state index in [1.807, 2.05) is 6.08 Å². The van der Waals surface area contributed by atoms with Gasteiger partial charge in [0.05, 0.1) is 13.2 Å². The molecule has 0 N–H and O–H groups in total. The van der Waals surface area contributed by atoms with Crippen LogP contribution in [0.5, 0.6) is 5.75 Å². The number of benzene rings is 1. The normalized spacial score (nSPS) is 28.9. The highest BCUT2D eigenvalue weighted by molar-refractivity contribution is 6.30. The number of methoxy groups -OCH3 is 1. The summed E-state index contributed by atoms with van der Waals surface area (Å²) >= 11 is 6.00. The lowest BCUT2D eigenvalue weighted by Gasteiger charge is -2.29. The van der Waals surface area contributed by atoms with E-state index in [-0.39, 0.29) is 36.7 Å². The molecule has 36 heavy (non-hydrogen) atoms. The number of fused-ring (bicyclic) bond motifs is 1. The number of halogens is 1. The van der Waals surface area contributed by atoms with Crippen LogP contribution in [0.3, 0.4) is 0 Å². The molecule has 4 rings (SSSR count). The number of hydrogen-bond acceptors (Lipinski definition) is 6. The molecule has 196 valence electrons. The number of rotatable bonds is 11. The molecule has 7 heteroatoms. The van der Waals surface area contributed by atoms with Crippen LogP contribution in [0.2, 0.25) is 5.02 Å². The van der Waals surface area contributed by atoms with Crippen molar-refractivity contribution >= 4 is 23.4 Å². The van der Waals surface area contributed by atoms with Crippen molar-refractivity contribution in [3.8, 4) is 5.75 Å². The predicted octanol–water partition coefficient (Wildman–Crippen LogP) is 6.07. The average molecular weight is 517 g/mol. The summed E-state index contributed by atoms with van der Waals surface area (Å²) in [7, 11) is 1.43. The molecule has 6 nitrogen and oxygen atoms in total. The van der Waals surface area contributed by atoms with Gasteiger partial charge >= 0.3 is 5.97 Å². The van der Waals surface area contributed by atoms with Gasteiger partial charge in [-0.3, -0.25) is 9.59 Å². The SMILES string of the molecule is COC(=O)CCCC=C1C[C@@H]2C[C@@H](OC3CCCCO3)[C@H](C=CC(=O)COc3cccc(Cl)c3)[C@H]2C1. The summed E-state index contributed by atoms with van der Waals surface area (Å²) in [5, 5.41) is 0.577. The van der Waals surface area contributed by atoms with Crippen LogP contribution >= 0.6 is 11.6 Å². The van der Waals surface area contributed by atoms with Crippen LogP contribution in [0.25, 0.3) is 0 Å². The summed E-state index contributed by atoms with van der Waals surface area (Å²) in [6.45, 7) is 0.725. The number of allylic oxidation sites excluding steroid dienone is 2. The van der Waals surface area contributed by atoms with E-state index in [1.54, 1.807) is 30.3 Å². The van der Waals surface area contributed by atoms with E-state index in [1.165, 1.54) is 12.7 Å². The quantitative estimate of drug-likeness (QED) is 0.154. The van der Waals surface area contributed by atoms with Crippen molar-refractivity contribution in [1.29, 1.82) is 0 Å². The standard InChI is InChI=1S/C29H37ClO6/c1-33-28(32)10-3-2-7-20-15-21-17-27(36-29-11-4-5-14-34-29)25(26(21)16-20)13-12-23(31)19-35-24-9-6-8-22(30)18-24/h6-9,12-13,18,21,25-27,29H,2-5,10-11,14-17,19H2,1H3/t21-,25-,26+,27-,29?/m1/s1. The molecule has 5 atom stereocenters. The maximum absolute atomic E-state index is 12.6. The Hall–Kier alpha value is -2.15. The van der Waals surface area contributed by atoms with Crippen LogP contribution in [0.4, 0.5) is 0 Å². The maximum Gasteiger partial charge on any atom is 0.305 e. The van der Waals surface area contributed by atoms with Crippen LogP contribution in [-0.2, 0) is 23.8 Å². The third-order valence-corrected chi connectivity index (χ3v) is 7.71. The number of hydrogen-bond donors (Lipinski definition) is 0. The van der Waals surface area contributed by atoms with Crippen molar-refractivity contribution in [2.75, 3.05) is 20.3 Å². The first kappa shape index (κ1) is 26.9. The molecule has 2 saturated carbocycles. The van der Waals surface area contributed by atoms with Gasteiger partial charge in [0.1, 0.15) is 5.75 Å². The molecule has 1 aliphatic heterocycles. The molecule has 0 bridgehead atoms. The number of unbranched alkanes of at least 4 members (excludes halogenated alkanes) is 1. The highest BCUT2D eigenvalue weighted by Crippen LogP contribution is 2.52. The second-order valence-electron chi connectivity index (χ2n) is 10.0. The lowest BCUT2D eigenvalue weighted by molar-refractivity contribution is -0.193. The average Bonchev–Trinajstić information content (AvgIpc) is 3.41. The lowest BCUT2D eigenvalue weighted by Crippen LogP contribution is -2.30. The van der Waals surface area contributed by atoms with Crippen LogP contribution in [0.1, 0.15) is 57.8 Å². The van der Waals surface area contributed by atoms with Crippen molar-refractivity contribution in [2.24, 2.45) is 17.8 Å². The molecule has 1 saturated heterocycles. The minimum Gasteiger partial charge on any atom is -0.485 e. The monoisotopic (exact) mass is 516 g/mol. The van der Waals surface area contributed by atoms with E-state index < -0.39 is 0 Å². The van der Waals surface area contributed by atoms with Gasteiger partial charge in [-0.2, -0.15) is 0 Å². The summed E-state index contributed by atoms with van der Waals surface area (Å²) in [6, 6.07) is 7.06. The third-order valence-electron chi connectivity index (χ3n) is 7.48.